The molecule has 2 heterocycles. The SMILES string of the molecule is Cc1ccc(F)cc1NC(=O)c1sccc1-n1cccc1. The molecule has 0 radical (unpaired) electrons. The fourth-order valence-electron chi connectivity index (χ4n) is 2.08. The van der Waals surface area contributed by atoms with Crippen molar-refractivity contribution >= 4 is 22.9 Å². The second-order valence-corrected chi connectivity index (χ2v) is 5.55. The molecule has 0 saturated carbocycles. The van der Waals surface area contributed by atoms with E-state index in [1.54, 1.807) is 6.07 Å². The van der Waals surface area contributed by atoms with Crippen LogP contribution < -0.4 is 5.32 Å². The number of thiophene rings is 1. The normalized spacial score (nSPS) is 10.6. The Bertz CT molecular complexity index is 777. The van der Waals surface area contributed by atoms with Crippen LogP contribution in [0.2, 0.25) is 0 Å². The van der Waals surface area contributed by atoms with E-state index in [-0.39, 0.29) is 11.7 Å². The molecule has 0 aliphatic heterocycles. The Kier molecular flexibility index (Phi) is 3.58. The van der Waals surface area contributed by atoms with Gasteiger partial charge in [0.25, 0.3) is 5.91 Å². The van der Waals surface area contributed by atoms with Crippen molar-refractivity contribution in [3.63, 3.8) is 0 Å². The van der Waals surface area contributed by atoms with E-state index in [2.05, 4.69) is 5.32 Å². The molecule has 21 heavy (non-hydrogen) atoms. The number of nitrogens with one attached hydrogen (secondary N) is 1. The van der Waals surface area contributed by atoms with Crippen molar-refractivity contribution in [2.45, 2.75) is 6.92 Å². The molecule has 3 aromatic rings. The molecule has 0 atom stereocenters. The summed E-state index contributed by atoms with van der Waals surface area (Å²) in [5.41, 5.74) is 2.13. The maximum atomic E-state index is 13.3. The number of rotatable bonds is 3. The molecule has 0 bridgehead atoms. The molecule has 2 aromatic heterocycles. The van der Waals surface area contributed by atoms with Gasteiger partial charge < -0.3 is 9.88 Å². The zero-order valence-corrected chi connectivity index (χ0v) is 12.2. The highest BCUT2D eigenvalue weighted by molar-refractivity contribution is 7.12. The van der Waals surface area contributed by atoms with Crippen LogP contribution in [0.15, 0.2) is 54.2 Å². The third-order valence-corrected chi connectivity index (χ3v) is 4.08. The van der Waals surface area contributed by atoms with E-state index in [1.165, 1.54) is 23.5 Å². The molecule has 1 amide bonds. The van der Waals surface area contributed by atoms with Crippen molar-refractivity contribution < 1.29 is 9.18 Å². The summed E-state index contributed by atoms with van der Waals surface area (Å²) < 4.78 is 15.2. The Labute approximate surface area is 125 Å². The molecule has 0 fully saturated rings. The molecular formula is C16H13FN2OS. The highest BCUT2D eigenvalue weighted by Gasteiger charge is 2.15. The number of benzene rings is 1. The molecular weight excluding hydrogens is 287 g/mol. The van der Waals surface area contributed by atoms with Crippen molar-refractivity contribution in [3.8, 4) is 5.69 Å². The lowest BCUT2D eigenvalue weighted by Gasteiger charge is -2.09. The average Bonchev–Trinajstić information content (AvgIpc) is 3.12. The Hall–Kier alpha value is -2.40. The van der Waals surface area contributed by atoms with Gasteiger partial charge >= 0.3 is 0 Å². The summed E-state index contributed by atoms with van der Waals surface area (Å²) in [5, 5.41) is 4.64. The van der Waals surface area contributed by atoms with Gasteiger partial charge in [-0.05, 0) is 48.2 Å². The molecule has 0 unspecified atom stereocenters. The minimum atomic E-state index is -0.368. The van der Waals surface area contributed by atoms with Crippen molar-refractivity contribution in [1.82, 2.24) is 4.57 Å². The Balaban J connectivity index is 1.90. The van der Waals surface area contributed by atoms with E-state index in [4.69, 9.17) is 0 Å². The number of aromatic nitrogens is 1. The van der Waals surface area contributed by atoms with Crippen LogP contribution in [-0.2, 0) is 0 Å². The van der Waals surface area contributed by atoms with Crippen LogP contribution in [0.5, 0.6) is 0 Å². The van der Waals surface area contributed by atoms with Crippen LogP contribution in [0.1, 0.15) is 15.2 Å². The summed E-state index contributed by atoms with van der Waals surface area (Å²) in [4.78, 5) is 13.0. The van der Waals surface area contributed by atoms with Crippen molar-refractivity contribution in [2.75, 3.05) is 5.32 Å². The quantitative estimate of drug-likeness (QED) is 0.771. The second kappa shape index (κ2) is 5.54. The third kappa shape index (κ3) is 2.73. The summed E-state index contributed by atoms with van der Waals surface area (Å²) in [6.07, 6.45) is 3.76. The van der Waals surface area contributed by atoms with Gasteiger partial charge in [-0.1, -0.05) is 6.07 Å². The fourth-order valence-corrected chi connectivity index (χ4v) is 2.86. The topological polar surface area (TPSA) is 34.0 Å². The van der Waals surface area contributed by atoms with E-state index in [1.807, 2.05) is 47.5 Å². The minimum Gasteiger partial charge on any atom is -0.322 e. The number of carbonyl (C=O) groups is 1. The molecule has 0 aliphatic carbocycles. The number of anilines is 1. The first-order chi connectivity index (χ1) is 10.1. The van der Waals surface area contributed by atoms with Crippen LogP contribution in [0.25, 0.3) is 5.69 Å². The highest BCUT2D eigenvalue weighted by atomic mass is 32.1. The van der Waals surface area contributed by atoms with Gasteiger partial charge in [0, 0.05) is 18.1 Å². The van der Waals surface area contributed by atoms with E-state index in [9.17, 15) is 9.18 Å². The number of hydrogen-bond donors (Lipinski definition) is 1. The van der Waals surface area contributed by atoms with Gasteiger partial charge in [0.1, 0.15) is 10.7 Å². The predicted molar refractivity (Wildman–Crippen MR) is 82.7 cm³/mol. The Morgan fingerprint density at radius 1 is 1.24 bits per heavy atom. The lowest BCUT2D eigenvalue weighted by molar-refractivity contribution is 0.103. The summed E-state index contributed by atoms with van der Waals surface area (Å²) in [6, 6.07) is 10.0. The van der Waals surface area contributed by atoms with Gasteiger partial charge in [-0.15, -0.1) is 11.3 Å². The maximum Gasteiger partial charge on any atom is 0.267 e. The van der Waals surface area contributed by atoms with E-state index >= 15 is 0 Å². The Morgan fingerprint density at radius 2 is 2.00 bits per heavy atom. The molecule has 106 valence electrons. The molecule has 0 spiro atoms. The summed E-state index contributed by atoms with van der Waals surface area (Å²) >= 11 is 1.36. The van der Waals surface area contributed by atoms with Crippen molar-refractivity contribution in [2.24, 2.45) is 0 Å². The summed E-state index contributed by atoms with van der Waals surface area (Å²) in [7, 11) is 0. The zero-order chi connectivity index (χ0) is 14.8. The zero-order valence-electron chi connectivity index (χ0n) is 11.3. The van der Waals surface area contributed by atoms with Crippen LogP contribution >= 0.6 is 11.3 Å². The number of hydrogen-bond acceptors (Lipinski definition) is 2. The van der Waals surface area contributed by atoms with Gasteiger partial charge in [-0.25, -0.2) is 4.39 Å². The number of aryl methyl sites for hydroxylation is 1. The van der Waals surface area contributed by atoms with Crippen LogP contribution in [0.3, 0.4) is 0 Å². The van der Waals surface area contributed by atoms with Gasteiger partial charge in [-0.2, -0.15) is 0 Å². The highest BCUT2D eigenvalue weighted by Crippen LogP contribution is 2.24. The van der Waals surface area contributed by atoms with Crippen LogP contribution in [0.4, 0.5) is 10.1 Å². The van der Waals surface area contributed by atoms with Gasteiger partial charge in [-0.3, -0.25) is 4.79 Å². The first kappa shape index (κ1) is 13.6. The lowest BCUT2D eigenvalue weighted by Crippen LogP contribution is -2.13. The van der Waals surface area contributed by atoms with Gasteiger partial charge in [0.15, 0.2) is 0 Å². The van der Waals surface area contributed by atoms with Gasteiger partial charge in [0.05, 0.1) is 5.69 Å². The standard InChI is InChI=1S/C16H13FN2OS/c1-11-4-5-12(17)10-13(11)18-16(20)15-14(6-9-21-15)19-7-2-3-8-19/h2-10H,1H3,(H,18,20). The molecule has 0 aliphatic rings. The van der Waals surface area contributed by atoms with Crippen molar-refractivity contribution in [3.05, 3.63) is 70.4 Å². The largest absolute Gasteiger partial charge is 0.322 e. The lowest BCUT2D eigenvalue weighted by atomic mass is 10.2. The number of carbonyl (C=O) groups excluding carboxylic acids is 1. The summed E-state index contributed by atoms with van der Waals surface area (Å²) in [6.45, 7) is 1.83. The van der Waals surface area contributed by atoms with Crippen LogP contribution in [0, 0.1) is 12.7 Å². The van der Waals surface area contributed by atoms with E-state index in [0.29, 0.717) is 10.6 Å². The molecule has 1 aromatic carbocycles. The number of halogens is 1. The number of nitrogens with zero attached hydrogens (tertiary/aromatic N) is 1. The van der Waals surface area contributed by atoms with E-state index in [0.717, 1.165) is 11.3 Å². The smallest absolute Gasteiger partial charge is 0.267 e. The van der Waals surface area contributed by atoms with Crippen molar-refractivity contribution in [1.29, 1.82) is 0 Å². The molecule has 3 nitrogen and oxygen atoms in total. The predicted octanol–water partition coefficient (Wildman–Crippen LogP) is 4.24. The molecule has 1 N–H and O–H groups in total. The first-order valence-electron chi connectivity index (χ1n) is 6.43. The minimum absolute atomic E-state index is 0.234. The fraction of sp³-hybridized carbons (Fsp3) is 0.0625. The van der Waals surface area contributed by atoms with Gasteiger partial charge in [0.2, 0.25) is 0 Å². The van der Waals surface area contributed by atoms with Crippen LogP contribution in [-0.4, -0.2) is 10.5 Å². The molecule has 3 rings (SSSR count). The number of amides is 1. The monoisotopic (exact) mass is 300 g/mol. The third-order valence-electron chi connectivity index (χ3n) is 3.18. The maximum absolute atomic E-state index is 13.3. The second-order valence-electron chi connectivity index (χ2n) is 4.64. The molecule has 0 saturated heterocycles. The average molecular weight is 300 g/mol. The van der Waals surface area contributed by atoms with E-state index < -0.39 is 0 Å². The first-order valence-corrected chi connectivity index (χ1v) is 7.31. The Morgan fingerprint density at radius 3 is 2.76 bits per heavy atom. The molecule has 5 heteroatoms. The summed E-state index contributed by atoms with van der Waals surface area (Å²) in [5.74, 6) is -0.602.